The van der Waals surface area contributed by atoms with Crippen molar-refractivity contribution in [2.45, 2.75) is 39.5 Å². The van der Waals surface area contributed by atoms with Gasteiger partial charge in [-0.05, 0) is 58.2 Å². The fourth-order valence-electron chi connectivity index (χ4n) is 8.54. The van der Waals surface area contributed by atoms with Gasteiger partial charge < -0.3 is 13.5 Å². The van der Waals surface area contributed by atoms with E-state index in [4.69, 9.17) is 24.7 Å². The number of imidazole rings is 2. The summed E-state index contributed by atoms with van der Waals surface area (Å²) in [7, 11) is 0. The second-order valence-corrected chi connectivity index (χ2v) is 14.9. The molecule has 0 amide bonds. The van der Waals surface area contributed by atoms with Gasteiger partial charge in [-0.2, -0.15) is 0 Å². The molecule has 272 valence electrons. The predicted octanol–water partition coefficient (Wildman–Crippen LogP) is 12.0. The summed E-state index contributed by atoms with van der Waals surface area (Å²) in [6, 6.07) is 45.2. The summed E-state index contributed by atoms with van der Waals surface area (Å²) in [5, 5.41) is 4.82. The molecule has 0 saturated heterocycles. The fourth-order valence-corrected chi connectivity index (χ4v) is 8.54. The van der Waals surface area contributed by atoms with Crippen LogP contribution >= 0.6 is 0 Å². The van der Waals surface area contributed by atoms with Crippen molar-refractivity contribution in [2.75, 3.05) is 0 Å². The van der Waals surface area contributed by atoms with Crippen LogP contribution in [0.15, 0.2) is 122 Å². The molecule has 0 aliphatic heterocycles. The van der Waals surface area contributed by atoms with Crippen LogP contribution in [0, 0.1) is 12.1 Å². The third-order valence-electron chi connectivity index (χ3n) is 11.0. The number of fused-ring (bicyclic) bond motifs is 16. The first-order valence-electron chi connectivity index (χ1n) is 18.8. The Bertz CT molecular complexity index is 3350. The maximum atomic E-state index is 6.62. The number of hydrogen-bond acceptors (Lipinski definition) is 5. The molecule has 56 heavy (non-hydrogen) atoms. The van der Waals surface area contributed by atoms with Crippen LogP contribution in [0.25, 0.3) is 88.1 Å². The molecule has 5 heterocycles. The van der Waals surface area contributed by atoms with Gasteiger partial charge >= 0.3 is 20.4 Å². The molecule has 0 aliphatic rings. The molecule has 11 rings (SSSR count). The van der Waals surface area contributed by atoms with Gasteiger partial charge in [0.25, 0.3) is 0 Å². The molecule has 8 heteroatoms. The largest absolute Gasteiger partial charge is 2.00 e. The second kappa shape index (κ2) is 12.9. The molecule has 0 saturated carbocycles. The number of hydrogen-bond donors (Lipinski definition) is 0. The van der Waals surface area contributed by atoms with Crippen LogP contribution in [0.4, 0.5) is 0 Å². The average Bonchev–Trinajstić information content (AvgIpc) is 3.80. The van der Waals surface area contributed by atoms with Crippen molar-refractivity contribution < 1.29 is 25.2 Å². The Balaban J connectivity index is 0.00000384. The van der Waals surface area contributed by atoms with Crippen LogP contribution in [0.2, 0.25) is 0 Å². The first-order chi connectivity index (χ1) is 26.9. The smallest absolute Gasteiger partial charge is 0.497 e. The molecule has 0 aliphatic carbocycles. The third kappa shape index (κ3) is 4.99. The quantitative estimate of drug-likeness (QED) is 0.0983. The number of pyridine rings is 2. The van der Waals surface area contributed by atoms with Crippen LogP contribution in [0.3, 0.4) is 0 Å². The number of rotatable bonds is 5. The first-order valence-corrected chi connectivity index (χ1v) is 18.8. The summed E-state index contributed by atoms with van der Waals surface area (Å²) in [6.07, 6.45) is 3.44. The molecule has 0 fully saturated rings. The van der Waals surface area contributed by atoms with Crippen molar-refractivity contribution in [1.82, 2.24) is 28.7 Å². The van der Waals surface area contributed by atoms with Gasteiger partial charge in [0.05, 0.1) is 38.9 Å². The van der Waals surface area contributed by atoms with Crippen LogP contribution in [-0.4, -0.2) is 28.7 Å². The van der Waals surface area contributed by atoms with Crippen LogP contribution in [0.1, 0.15) is 50.7 Å². The van der Waals surface area contributed by atoms with Crippen molar-refractivity contribution >= 4 is 77.0 Å². The zero-order valence-electron chi connectivity index (χ0n) is 31.1. The number of benzene rings is 6. The normalized spacial score (nSPS) is 12.1. The van der Waals surface area contributed by atoms with E-state index in [2.05, 4.69) is 115 Å². The summed E-state index contributed by atoms with van der Waals surface area (Å²) in [6.45, 7) is 9.13. The summed E-state index contributed by atoms with van der Waals surface area (Å²) >= 11 is 0. The molecule has 0 spiro atoms. The van der Waals surface area contributed by atoms with Crippen molar-refractivity contribution in [3.05, 3.63) is 145 Å². The van der Waals surface area contributed by atoms with E-state index in [-0.39, 0.29) is 20.4 Å². The van der Waals surface area contributed by atoms with Gasteiger partial charge in [0.1, 0.15) is 5.65 Å². The fraction of sp³-hybridized carbons (Fsp3) is 0.125. The van der Waals surface area contributed by atoms with Crippen LogP contribution < -0.4 is 4.74 Å². The number of nitrogens with zero attached hydrogens (tertiary/aromatic N) is 6. The Morgan fingerprint density at radius 3 is 1.79 bits per heavy atom. The van der Waals surface area contributed by atoms with E-state index >= 15 is 0 Å². The second-order valence-electron chi connectivity index (χ2n) is 14.9. The van der Waals surface area contributed by atoms with Crippen molar-refractivity contribution in [3.63, 3.8) is 0 Å². The van der Waals surface area contributed by atoms with Crippen LogP contribution in [0.5, 0.6) is 11.5 Å². The average molecular weight is 817 g/mol. The summed E-state index contributed by atoms with van der Waals surface area (Å²) < 4.78 is 11.0. The molecule has 6 aromatic carbocycles. The third-order valence-corrected chi connectivity index (χ3v) is 11.0. The number of para-hydroxylation sites is 5. The summed E-state index contributed by atoms with van der Waals surface area (Å²) in [5.74, 6) is 1.84. The van der Waals surface area contributed by atoms with Gasteiger partial charge in [0.15, 0.2) is 0 Å². The Labute approximate surface area is 336 Å². The van der Waals surface area contributed by atoms with Crippen LogP contribution in [-0.2, 0) is 20.4 Å². The molecule has 0 radical (unpaired) electrons. The topological polar surface area (TPSA) is 69.6 Å². The molecular formula is C48H34N6OPd. The minimum absolute atomic E-state index is 0. The maximum absolute atomic E-state index is 6.62. The summed E-state index contributed by atoms with van der Waals surface area (Å²) in [4.78, 5) is 19.7. The molecule has 5 aromatic heterocycles. The molecule has 7 nitrogen and oxygen atoms in total. The zero-order valence-corrected chi connectivity index (χ0v) is 32.7. The van der Waals surface area contributed by atoms with Crippen molar-refractivity contribution in [2.24, 2.45) is 0 Å². The number of aromatic nitrogens is 6. The summed E-state index contributed by atoms with van der Waals surface area (Å²) in [5.41, 5.74) is 13.3. The van der Waals surface area contributed by atoms with Gasteiger partial charge in [0, 0.05) is 35.0 Å². The van der Waals surface area contributed by atoms with Gasteiger partial charge in [-0.3, -0.25) is 15.0 Å². The van der Waals surface area contributed by atoms with E-state index in [1.54, 1.807) is 12.4 Å². The minimum Gasteiger partial charge on any atom is -0.497 e. The molecule has 0 bridgehead atoms. The number of ether oxygens (including phenoxy) is 1. The van der Waals surface area contributed by atoms with Gasteiger partial charge in [-0.1, -0.05) is 134 Å². The van der Waals surface area contributed by atoms with E-state index in [0.717, 1.165) is 77.0 Å². The predicted molar refractivity (Wildman–Crippen MR) is 222 cm³/mol. The van der Waals surface area contributed by atoms with E-state index in [1.165, 1.54) is 22.3 Å². The Morgan fingerprint density at radius 1 is 0.536 bits per heavy atom. The molecule has 11 aromatic rings. The van der Waals surface area contributed by atoms with Gasteiger partial charge in [-0.25, -0.2) is 4.98 Å². The van der Waals surface area contributed by atoms with Crippen molar-refractivity contribution in [1.29, 1.82) is 0 Å². The maximum Gasteiger partial charge on any atom is 2.00 e. The Morgan fingerprint density at radius 2 is 1.11 bits per heavy atom. The minimum atomic E-state index is 0. The molecule has 0 N–H and O–H groups in total. The Hall–Kier alpha value is -6.20. The van der Waals surface area contributed by atoms with Gasteiger partial charge in [0.2, 0.25) is 0 Å². The molecular weight excluding hydrogens is 783 g/mol. The van der Waals surface area contributed by atoms with E-state index in [1.807, 2.05) is 42.5 Å². The molecule has 0 unspecified atom stereocenters. The SMILES string of the molecule is CC(C)c1cccc(C(C)C)c1-c1cccc2c3ccc(Oc4[c-]c5c(cc4)c4nccnc4n4c6ccccc6nc54)[c-]c3c3nc4ccccc4n3c12.[Pd+2]. The standard InChI is InChI=1S/C48H34N6O.Pd/c1-27(2)31-11-9-12-32(28(3)4)43(31)36-14-10-13-35-33-21-19-29(25-37(33)46-51-39-15-5-7-17-41(39)53(46)45(35)36)55-30-20-22-34-38(26-30)47-52-40-16-6-8-18-42(40)54(47)48-44(34)49-23-24-50-48;/h5-24,27-28H,1-4H3;/q-2;+2. The zero-order chi connectivity index (χ0) is 36.9. The van der Waals surface area contributed by atoms with Gasteiger partial charge in [-0.15, -0.1) is 12.1 Å². The monoisotopic (exact) mass is 816 g/mol. The van der Waals surface area contributed by atoms with E-state index in [9.17, 15) is 0 Å². The Kier molecular flexibility index (Phi) is 7.93. The molecule has 0 atom stereocenters. The van der Waals surface area contributed by atoms with Crippen molar-refractivity contribution in [3.8, 4) is 22.6 Å². The van der Waals surface area contributed by atoms with E-state index < -0.39 is 0 Å². The van der Waals surface area contributed by atoms with E-state index in [0.29, 0.717) is 23.3 Å². The first kappa shape index (κ1) is 34.3.